The minimum atomic E-state index is 0.734. The first-order chi connectivity index (χ1) is 9.35. The lowest BCUT2D eigenvalue weighted by atomic mass is 10.1. The van der Waals surface area contributed by atoms with Crippen molar-refractivity contribution in [3.8, 4) is 17.0 Å². The first kappa shape index (κ1) is 12.2. The first-order valence-electron chi connectivity index (χ1n) is 6.68. The van der Waals surface area contributed by atoms with E-state index in [1.807, 2.05) is 30.5 Å². The Bertz CT molecular complexity index is 547. The molecule has 0 saturated heterocycles. The molecule has 3 rings (SSSR count). The second-order valence-corrected chi connectivity index (χ2v) is 4.94. The SMILES string of the molecule is COc1cccc(-c2ccc(CNC3CC3)cn2)c1. The molecule has 1 aromatic carbocycles. The molecule has 1 aliphatic rings. The van der Waals surface area contributed by atoms with Crippen molar-refractivity contribution >= 4 is 0 Å². The van der Waals surface area contributed by atoms with Crippen LogP contribution in [0.4, 0.5) is 0 Å². The Morgan fingerprint density at radius 1 is 1.26 bits per heavy atom. The maximum atomic E-state index is 5.23. The van der Waals surface area contributed by atoms with Crippen LogP contribution in [0.3, 0.4) is 0 Å². The molecule has 98 valence electrons. The van der Waals surface area contributed by atoms with Crippen molar-refractivity contribution in [2.24, 2.45) is 0 Å². The van der Waals surface area contributed by atoms with Gasteiger partial charge in [-0.1, -0.05) is 18.2 Å². The minimum absolute atomic E-state index is 0.734. The molecule has 0 radical (unpaired) electrons. The smallest absolute Gasteiger partial charge is 0.119 e. The summed E-state index contributed by atoms with van der Waals surface area (Å²) in [5, 5.41) is 3.49. The molecular formula is C16H18N2O. The standard InChI is InChI=1S/C16H18N2O/c1-19-15-4-2-3-13(9-15)16-8-5-12(11-18-16)10-17-14-6-7-14/h2-5,8-9,11,14,17H,6-7,10H2,1H3. The zero-order chi connectivity index (χ0) is 13.1. The van der Waals surface area contributed by atoms with Crippen LogP contribution in [0.2, 0.25) is 0 Å². The Labute approximate surface area is 113 Å². The van der Waals surface area contributed by atoms with Crippen LogP contribution in [0.5, 0.6) is 5.75 Å². The lowest BCUT2D eigenvalue weighted by Crippen LogP contribution is -2.15. The van der Waals surface area contributed by atoms with Crippen molar-refractivity contribution in [3.63, 3.8) is 0 Å². The van der Waals surface area contributed by atoms with Gasteiger partial charge in [-0.2, -0.15) is 0 Å². The van der Waals surface area contributed by atoms with E-state index in [1.54, 1.807) is 7.11 Å². The van der Waals surface area contributed by atoms with Gasteiger partial charge in [0.15, 0.2) is 0 Å². The summed E-state index contributed by atoms with van der Waals surface area (Å²) < 4.78 is 5.23. The highest BCUT2D eigenvalue weighted by Crippen LogP contribution is 2.22. The molecule has 0 spiro atoms. The van der Waals surface area contributed by atoms with E-state index >= 15 is 0 Å². The molecule has 0 unspecified atom stereocenters. The van der Waals surface area contributed by atoms with E-state index in [0.717, 1.165) is 29.6 Å². The molecule has 2 aromatic rings. The summed E-state index contributed by atoms with van der Waals surface area (Å²) in [6.07, 6.45) is 4.58. The van der Waals surface area contributed by atoms with Gasteiger partial charge in [-0.3, -0.25) is 4.98 Å². The summed E-state index contributed by atoms with van der Waals surface area (Å²) >= 11 is 0. The van der Waals surface area contributed by atoms with Crippen molar-refractivity contribution in [1.82, 2.24) is 10.3 Å². The average molecular weight is 254 g/mol. The normalized spacial score (nSPS) is 14.4. The van der Waals surface area contributed by atoms with E-state index in [9.17, 15) is 0 Å². The third-order valence-electron chi connectivity index (χ3n) is 3.36. The highest BCUT2D eigenvalue weighted by molar-refractivity contribution is 5.61. The molecule has 1 aliphatic carbocycles. The second kappa shape index (κ2) is 5.41. The molecule has 0 aliphatic heterocycles. The van der Waals surface area contributed by atoms with Crippen LogP contribution in [-0.2, 0) is 6.54 Å². The summed E-state index contributed by atoms with van der Waals surface area (Å²) in [7, 11) is 1.68. The number of nitrogens with zero attached hydrogens (tertiary/aromatic N) is 1. The number of hydrogen-bond acceptors (Lipinski definition) is 3. The highest BCUT2D eigenvalue weighted by atomic mass is 16.5. The molecule has 3 heteroatoms. The summed E-state index contributed by atoms with van der Waals surface area (Å²) in [6, 6.07) is 12.9. The lowest BCUT2D eigenvalue weighted by molar-refractivity contribution is 0.415. The van der Waals surface area contributed by atoms with Gasteiger partial charge in [0, 0.05) is 24.3 Å². The van der Waals surface area contributed by atoms with Gasteiger partial charge in [0.2, 0.25) is 0 Å². The number of methoxy groups -OCH3 is 1. The van der Waals surface area contributed by atoms with Gasteiger partial charge in [-0.05, 0) is 36.6 Å². The Morgan fingerprint density at radius 3 is 2.84 bits per heavy atom. The lowest BCUT2D eigenvalue weighted by Gasteiger charge is -2.06. The first-order valence-corrected chi connectivity index (χ1v) is 6.68. The molecule has 1 fully saturated rings. The largest absolute Gasteiger partial charge is 0.497 e. The number of rotatable bonds is 5. The number of benzene rings is 1. The maximum Gasteiger partial charge on any atom is 0.119 e. The van der Waals surface area contributed by atoms with E-state index in [4.69, 9.17) is 4.74 Å². The van der Waals surface area contributed by atoms with Crippen LogP contribution in [0.15, 0.2) is 42.6 Å². The van der Waals surface area contributed by atoms with Crippen LogP contribution in [0.1, 0.15) is 18.4 Å². The van der Waals surface area contributed by atoms with Crippen LogP contribution in [-0.4, -0.2) is 18.1 Å². The van der Waals surface area contributed by atoms with Crippen molar-refractivity contribution in [3.05, 3.63) is 48.2 Å². The predicted octanol–water partition coefficient (Wildman–Crippen LogP) is 3.01. The predicted molar refractivity (Wildman–Crippen MR) is 76.1 cm³/mol. The Kier molecular flexibility index (Phi) is 3.47. The van der Waals surface area contributed by atoms with Gasteiger partial charge in [0.25, 0.3) is 0 Å². The quantitative estimate of drug-likeness (QED) is 0.890. The number of nitrogens with one attached hydrogen (secondary N) is 1. The van der Waals surface area contributed by atoms with E-state index in [2.05, 4.69) is 22.4 Å². The zero-order valence-electron chi connectivity index (χ0n) is 11.1. The molecular weight excluding hydrogens is 236 g/mol. The van der Waals surface area contributed by atoms with Gasteiger partial charge in [0.1, 0.15) is 5.75 Å². The summed E-state index contributed by atoms with van der Waals surface area (Å²) in [4.78, 5) is 4.53. The van der Waals surface area contributed by atoms with E-state index < -0.39 is 0 Å². The van der Waals surface area contributed by atoms with Gasteiger partial charge in [0.05, 0.1) is 12.8 Å². The molecule has 3 nitrogen and oxygen atoms in total. The van der Waals surface area contributed by atoms with E-state index in [-0.39, 0.29) is 0 Å². The van der Waals surface area contributed by atoms with E-state index in [0.29, 0.717) is 0 Å². The molecule has 19 heavy (non-hydrogen) atoms. The molecule has 1 heterocycles. The summed E-state index contributed by atoms with van der Waals surface area (Å²) in [5.41, 5.74) is 3.30. The fourth-order valence-electron chi connectivity index (χ4n) is 2.03. The maximum absolute atomic E-state index is 5.23. The number of hydrogen-bond donors (Lipinski definition) is 1. The van der Waals surface area contributed by atoms with Gasteiger partial charge in [-0.25, -0.2) is 0 Å². The monoisotopic (exact) mass is 254 g/mol. The summed E-state index contributed by atoms with van der Waals surface area (Å²) in [6.45, 7) is 0.913. The van der Waals surface area contributed by atoms with Gasteiger partial charge in [-0.15, -0.1) is 0 Å². The van der Waals surface area contributed by atoms with Crippen molar-refractivity contribution in [2.75, 3.05) is 7.11 Å². The molecule has 0 bridgehead atoms. The van der Waals surface area contributed by atoms with Crippen LogP contribution < -0.4 is 10.1 Å². The number of aromatic nitrogens is 1. The molecule has 1 saturated carbocycles. The zero-order valence-corrected chi connectivity index (χ0v) is 11.1. The second-order valence-electron chi connectivity index (χ2n) is 4.94. The fraction of sp³-hybridized carbons (Fsp3) is 0.312. The number of ether oxygens (including phenoxy) is 1. The van der Waals surface area contributed by atoms with Crippen molar-refractivity contribution in [1.29, 1.82) is 0 Å². The van der Waals surface area contributed by atoms with Crippen molar-refractivity contribution < 1.29 is 4.74 Å². The van der Waals surface area contributed by atoms with Crippen molar-refractivity contribution in [2.45, 2.75) is 25.4 Å². The highest BCUT2D eigenvalue weighted by Gasteiger charge is 2.19. The molecule has 1 N–H and O–H groups in total. The Morgan fingerprint density at radius 2 is 2.16 bits per heavy atom. The van der Waals surface area contributed by atoms with Gasteiger partial charge < -0.3 is 10.1 Å². The Balaban J connectivity index is 1.72. The Hall–Kier alpha value is -1.87. The third kappa shape index (κ3) is 3.12. The topological polar surface area (TPSA) is 34.1 Å². The molecule has 0 atom stereocenters. The number of pyridine rings is 1. The fourth-order valence-corrected chi connectivity index (χ4v) is 2.03. The minimum Gasteiger partial charge on any atom is -0.497 e. The molecule has 0 amide bonds. The van der Waals surface area contributed by atoms with Crippen LogP contribution in [0, 0.1) is 0 Å². The van der Waals surface area contributed by atoms with Crippen LogP contribution >= 0.6 is 0 Å². The van der Waals surface area contributed by atoms with Crippen LogP contribution in [0.25, 0.3) is 11.3 Å². The molecule has 1 aromatic heterocycles. The van der Waals surface area contributed by atoms with Gasteiger partial charge >= 0.3 is 0 Å². The summed E-state index contributed by atoms with van der Waals surface area (Å²) in [5.74, 6) is 0.860. The van der Waals surface area contributed by atoms with E-state index in [1.165, 1.54) is 18.4 Å². The third-order valence-corrected chi connectivity index (χ3v) is 3.36. The average Bonchev–Trinajstić information content (AvgIpc) is 3.30.